The molecule has 116 valence electrons. The van der Waals surface area contributed by atoms with Gasteiger partial charge in [-0.3, -0.25) is 4.79 Å². The Bertz CT molecular complexity index is 675. The van der Waals surface area contributed by atoms with Gasteiger partial charge in [-0.15, -0.1) is 0 Å². The molecule has 0 fully saturated rings. The van der Waals surface area contributed by atoms with Crippen LogP contribution in [0.5, 0.6) is 0 Å². The molecule has 22 heavy (non-hydrogen) atoms. The van der Waals surface area contributed by atoms with Crippen LogP contribution in [0.3, 0.4) is 0 Å². The molecule has 2 aromatic carbocycles. The number of nitrogens with one attached hydrogen (secondary N) is 1. The number of carbonyl (C=O) groups is 1. The van der Waals surface area contributed by atoms with Crippen molar-refractivity contribution >= 4 is 17.5 Å². The van der Waals surface area contributed by atoms with Gasteiger partial charge in [-0.2, -0.15) is 0 Å². The second-order valence-corrected chi connectivity index (χ2v) is 5.32. The molecule has 1 unspecified atom stereocenters. The summed E-state index contributed by atoms with van der Waals surface area (Å²) in [4.78, 5) is 12.2. The highest BCUT2D eigenvalue weighted by molar-refractivity contribution is 6.30. The van der Waals surface area contributed by atoms with Crippen LogP contribution in [0, 0.1) is 5.82 Å². The Morgan fingerprint density at radius 1 is 1.32 bits per heavy atom. The zero-order chi connectivity index (χ0) is 16.1. The molecule has 0 aromatic heterocycles. The molecule has 0 aliphatic carbocycles. The number of aliphatic hydroxyl groups excluding tert-OH is 1. The fourth-order valence-electron chi connectivity index (χ4n) is 2.17. The summed E-state index contributed by atoms with van der Waals surface area (Å²) in [6.07, 6.45) is -0.251. The summed E-state index contributed by atoms with van der Waals surface area (Å²) in [6.45, 7) is 1.97. The second-order valence-electron chi connectivity index (χ2n) is 4.91. The molecular weight excluding hydrogens is 305 g/mol. The number of benzene rings is 2. The lowest BCUT2D eigenvalue weighted by molar-refractivity contribution is 0.0915. The molecular formula is C17H17ClFNO2. The van der Waals surface area contributed by atoms with Crippen LogP contribution < -0.4 is 5.32 Å². The standard InChI is InChI=1S/C17H17ClFNO2/c1-2-11-5-3-4-6-13(11)17(22)20-10-16(21)12-7-8-14(18)15(19)9-12/h3-9,16,21H,2,10H2,1H3,(H,20,22). The van der Waals surface area contributed by atoms with Crippen molar-refractivity contribution in [2.75, 3.05) is 6.54 Å². The van der Waals surface area contributed by atoms with Crippen LogP contribution in [0.25, 0.3) is 0 Å². The highest BCUT2D eigenvalue weighted by atomic mass is 35.5. The molecule has 0 aliphatic heterocycles. The number of hydrogen-bond donors (Lipinski definition) is 2. The molecule has 0 heterocycles. The molecule has 5 heteroatoms. The summed E-state index contributed by atoms with van der Waals surface area (Å²) in [6, 6.07) is 11.4. The van der Waals surface area contributed by atoms with Crippen molar-refractivity contribution < 1.29 is 14.3 Å². The zero-order valence-corrected chi connectivity index (χ0v) is 12.9. The smallest absolute Gasteiger partial charge is 0.251 e. The van der Waals surface area contributed by atoms with Crippen molar-refractivity contribution in [2.45, 2.75) is 19.4 Å². The minimum atomic E-state index is -0.996. The Hall–Kier alpha value is -1.91. The topological polar surface area (TPSA) is 49.3 Å². The lowest BCUT2D eigenvalue weighted by atomic mass is 10.0. The number of aliphatic hydroxyl groups is 1. The van der Waals surface area contributed by atoms with Gasteiger partial charge in [0.25, 0.3) is 5.91 Å². The van der Waals surface area contributed by atoms with Gasteiger partial charge in [-0.05, 0) is 35.7 Å². The van der Waals surface area contributed by atoms with Crippen LogP contribution in [-0.4, -0.2) is 17.6 Å². The van der Waals surface area contributed by atoms with E-state index in [2.05, 4.69) is 5.32 Å². The first-order valence-electron chi connectivity index (χ1n) is 7.02. The summed E-state index contributed by atoms with van der Waals surface area (Å²) in [5.41, 5.74) is 1.89. The van der Waals surface area contributed by atoms with Crippen molar-refractivity contribution in [1.82, 2.24) is 5.32 Å². The SMILES string of the molecule is CCc1ccccc1C(=O)NCC(O)c1ccc(Cl)c(F)c1. The summed E-state index contributed by atoms with van der Waals surface area (Å²) in [7, 11) is 0. The lowest BCUT2D eigenvalue weighted by Crippen LogP contribution is -2.29. The number of amides is 1. The molecule has 2 rings (SSSR count). The van der Waals surface area contributed by atoms with Crippen LogP contribution in [0.15, 0.2) is 42.5 Å². The molecule has 0 radical (unpaired) electrons. The molecule has 2 aromatic rings. The highest BCUT2D eigenvalue weighted by Crippen LogP contribution is 2.20. The van der Waals surface area contributed by atoms with Crippen LogP contribution in [0.4, 0.5) is 4.39 Å². The van der Waals surface area contributed by atoms with Crippen LogP contribution in [0.2, 0.25) is 5.02 Å². The average Bonchev–Trinajstić information content (AvgIpc) is 2.54. The number of rotatable bonds is 5. The van der Waals surface area contributed by atoms with E-state index in [9.17, 15) is 14.3 Å². The first kappa shape index (κ1) is 16.5. The van der Waals surface area contributed by atoms with E-state index in [0.29, 0.717) is 11.1 Å². The number of aryl methyl sites for hydroxylation is 1. The Balaban J connectivity index is 2.02. The van der Waals surface area contributed by atoms with Gasteiger partial charge in [0.15, 0.2) is 0 Å². The van der Waals surface area contributed by atoms with Gasteiger partial charge in [0, 0.05) is 12.1 Å². The van der Waals surface area contributed by atoms with Gasteiger partial charge in [-0.1, -0.05) is 42.8 Å². The molecule has 0 saturated carbocycles. The Morgan fingerprint density at radius 2 is 2.05 bits per heavy atom. The Labute approximate surface area is 133 Å². The first-order chi connectivity index (χ1) is 10.5. The van der Waals surface area contributed by atoms with E-state index in [1.54, 1.807) is 12.1 Å². The predicted molar refractivity (Wildman–Crippen MR) is 84.5 cm³/mol. The quantitative estimate of drug-likeness (QED) is 0.885. The fraction of sp³-hybridized carbons (Fsp3) is 0.235. The third kappa shape index (κ3) is 3.84. The summed E-state index contributed by atoms with van der Waals surface area (Å²) >= 11 is 5.60. The first-order valence-corrected chi connectivity index (χ1v) is 7.39. The maximum absolute atomic E-state index is 13.4. The maximum Gasteiger partial charge on any atom is 0.251 e. The van der Waals surface area contributed by atoms with E-state index < -0.39 is 11.9 Å². The largest absolute Gasteiger partial charge is 0.387 e. The van der Waals surface area contributed by atoms with Crippen LogP contribution in [0.1, 0.15) is 34.5 Å². The van der Waals surface area contributed by atoms with E-state index >= 15 is 0 Å². The molecule has 1 atom stereocenters. The van der Waals surface area contributed by atoms with E-state index in [1.165, 1.54) is 18.2 Å². The third-order valence-corrected chi connectivity index (χ3v) is 3.73. The van der Waals surface area contributed by atoms with Crippen molar-refractivity contribution in [2.24, 2.45) is 0 Å². The molecule has 3 nitrogen and oxygen atoms in total. The third-order valence-electron chi connectivity index (χ3n) is 3.43. The van der Waals surface area contributed by atoms with Gasteiger partial charge in [-0.25, -0.2) is 4.39 Å². The molecule has 0 saturated heterocycles. The van der Waals surface area contributed by atoms with Gasteiger partial charge in [0.1, 0.15) is 5.82 Å². The normalized spacial score (nSPS) is 12.0. The van der Waals surface area contributed by atoms with Gasteiger partial charge < -0.3 is 10.4 Å². The molecule has 2 N–H and O–H groups in total. The van der Waals surface area contributed by atoms with Crippen LogP contribution in [-0.2, 0) is 6.42 Å². The molecule has 0 spiro atoms. The minimum absolute atomic E-state index is 0.00203. The summed E-state index contributed by atoms with van der Waals surface area (Å²) in [5.74, 6) is -0.855. The van der Waals surface area contributed by atoms with Crippen molar-refractivity contribution in [3.8, 4) is 0 Å². The summed E-state index contributed by atoms with van der Waals surface area (Å²) in [5, 5.41) is 12.7. The fourth-order valence-corrected chi connectivity index (χ4v) is 2.29. The lowest BCUT2D eigenvalue weighted by Gasteiger charge is -2.14. The monoisotopic (exact) mass is 321 g/mol. The van der Waals surface area contributed by atoms with Gasteiger partial charge in [0.2, 0.25) is 0 Å². The van der Waals surface area contributed by atoms with Gasteiger partial charge >= 0.3 is 0 Å². The number of halogens is 2. The minimum Gasteiger partial charge on any atom is -0.387 e. The predicted octanol–water partition coefficient (Wildman–Crippen LogP) is 3.50. The second kappa shape index (κ2) is 7.38. The molecule has 0 aliphatic rings. The Morgan fingerprint density at radius 3 is 2.73 bits per heavy atom. The Kier molecular flexibility index (Phi) is 5.52. The van der Waals surface area contributed by atoms with E-state index in [-0.39, 0.29) is 17.5 Å². The number of carbonyl (C=O) groups excluding carboxylic acids is 1. The summed E-state index contributed by atoms with van der Waals surface area (Å²) < 4.78 is 13.4. The van der Waals surface area contributed by atoms with E-state index in [0.717, 1.165) is 12.0 Å². The highest BCUT2D eigenvalue weighted by Gasteiger charge is 2.14. The molecule has 1 amide bonds. The van der Waals surface area contributed by atoms with Crippen LogP contribution >= 0.6 is 11.6 Å². The van der Waals surface area contributed by atoms with Gasteiger partial charge in [0.05, 0.1) is 11.1 Å². The molecule has 0 bridgehead atoms. The average molecular weight is 322 g/mol. The van der Waals surface area contributed by atoms with Crippen molar-refractivity contribution in [1.29, 1.82) is 0 Å². The van der Waals surface area contributed by atoms with Crippen molar-refractivity contribution in [3.63, 3.8) is 0 Å². The zero-order valence-electron chi connectivity index (χ0n) is 12.1. The number of hydrogen-bond acceptors (Lipinski definition) is 2. The maximum atomic E-state index is 13.4. The van der Waals surface area contributed by atoms with Crippen molar-refractivity contribution in [3.05, 3.63) is 70.0 Å². The van der Waals surface area contributed by atoms with E-state index in [4.69, 9.17) is 11.6 Å². The van der Waals surface area contributed by atoms with E-state index in [1.807, 2.05) is 19.1 Å².